The van der Waals surface area contributed by atoms with Crippen molar-refractivity contribution in [3.05, 3.63) is 60.5 Å². The van der Waals surface area contributed by atoms with Crippen LogP contribution >= 0.6 is 11.3 Å². The third kappa shape index (κ3) is 3.12. The van der Waals surface area contributed by atoms with E-state index in [1.807, 2.05) is 13.8 Å². The number of nitrogens with one attached hydrogen (secondary N) is 1. The first kappa shape index (κ1) is 17.1. The summed E-state index contributed by atoms with van der Waals surface area (Å²) in [4.78, 5) is 32.0. The molecule has 0 bridgehead atoms. The zero-order chi connectivity index (χ0) is 18.3. The molecule has 0 aliphatic rings. The molecule has 0 amide bonds. The van der Waals surface area contributed by atoms with Crippen molar-refractivity contribution in [1.29, 1.82) is 0 Å². The first-order chi connectivity index (χ1) is 11.8. The van der Waals surface area contributed by atoms with Crippen molar-refractivity contribution in [3.63, 3.8) is 0 Å². The molecule has 0 radical (unpaired) electrons. The first-order valence-corrected chi connectivity index (χ1v) is 8.51. The van der Waals surface area contributed by atoms with Crippen molar-refractivity contribution < 1.29 is 9.66 Å². The number of H-pyrrole nitrogens is 1. The van der Waals surface area contributed by atoms with E-state index in [-0.39, 0.29) is 17.0 Å². The number of nitro benzene ring substituents is 1. The molecule has 3 aromatic rings. The maximum atomic E-state index is 12.4. The lowest BCUT2D eigenvalue weighted by Gasteiger charge is -2.14. The molecule has 0 aliphatic carbocycles. The van der Waals surface area contributed by atoms with Gasteiger partial charge in [0.2, 0.25) is 0 Å². The van der Waals surface area contributed by atoms with Gasteiger partial charge in [-0.1, -0.05) is 6.07 Å². The standard InChI is InChI=1S/C17H17N3O4S/c1-8-5-6-13(12(7-8)20(22)23)24-10(3)15-18-16(21)14-9(2)11(4)25-17(14)19-15/h5-7,10H,1-4H3,(H,18,19,21)/t10-/m1/s1. The average Bonchev–Trinajstić information content (AvgIpc) is 2.83. The number of nitrogens with zero attached hydrogens (tertiary/aromatic N) is 2. The molecule has 25 heavy (non-hydrogen) atoms. The van der Waals surface area contributed by atoms with E-state index in [1.165, 1.54) is 17.4 Å². The van der Waals surface area contributed by atoms with E-state index < -0.39 is 11.0 Å². The van der Waals surface area contributed by atoms with Gasteiger partial charge in [-0.15, -0.1) is 11.3 Å². The maximum absolute atomic E-state index is 12.4. The van der Waals surface area contributed by atoms with E-state index in [2.05, 4.69) is 9.97 Å². The Kier molecular flexibility index (Phi) is 4.30. The summed E-state index contributed by atoms with van der Waals surface area (Å²) >= 11 is 1.45. The van der Waals surface area contributed by atoms with Crippen molar-refractivity contribution in [2.75, 3.05) is 0 Å². The van der Waals surface area contributed by atoms with Gasteiger partial charge < -0.3 is 9.72 Å². The lowest BCUT2D eigenvalue weighted by Crippen LogP contribution is -2.16. The van der Waals surface area contributed by atoms with Gasteiger partial charge in [0, 0.05) is 10.9 Å². The number of hydrogen-bond donors (Lipinski definition) is 1. The normalized spacial score (nSPS) is 12.3. The molecule has 0 unspecified atom stereocenters. The Morgan fingerprint density at radius 3 is 2.72 bits per heavy atom. The molecule has 1 atom stereocenters. The van der Waals surface area contributed by atoms with E-state index in [0.717, 1.165) is 16.0 Å². The Bertz CT molecular complexity index is 1040. The zero-order valence-corrected chi connectivity index (χ0v) is 15.1. The Morgan fingerprint density at radius 2 is 2.04 bits per heavy atom. The number of fused-ring (bicyclic) bond motifs is 1. The molecule has 7 nitrogen and oxygen atoms in total. The number of rotatable bonds is 4. The number of aromatic nitrogens is 2. The number of nitro groups is 1. The van der Waals surface area contributed by atoms with Crippen LogP contribution in [0.5, 0.6) is 5.75 Å². The largest absolute Gasteiger partial charge is 0.476 e. The van der Waals surface area contributed by atoms with Crippen LogP contribution in [0, 0.1) is 30.9 Å². The number of aryl methyl sites for hydroxylation is 3. The minimum absolute atomic E-state index is 0.113. The molecular weight excluding hydrogens is 342 g/mol. The van der Waals surface area contributed by atoms with Gasteiger partial charge in [-0.3, -0.25) is 14.9 Å². The number of hydrogen-bond acceptors (Lipinski definition) is 6. The monoisotopic (exact) mass is 359 g/mol. The molecule has 3 rings (SSSR count). The van der Waals surface area contributed by atoms with E-state index in [9.17, 15) is 14.9 Å². The summed E-state index contributed by atoms with van der Waals surface area (Å²) in [6.45, 7) is 7.30. The lowest BCUT2D eigenvalue weighted by atomic mass is 10.2. The van der Waals surface area contributed by atoms with Crippen molar-refractivity contribution >= 4 is 27.2 Å². The number of benzene rings is 1. The minimum atomic E-state index is -0.638. The molecule has 0 spiro atoms. The third-order valence-corrected chi connectivity index (χ3v) is 5.16. The van der Waals surface area contributed by atoms with Gasteiger partial charge in [-0.25, -0.2) is 4.98 Å². The topological polar surface area (TPSA) is 98.1 Å². The molecule has 2 heterocycles. The second kappa shape index (κ2) is 6.29. The Morgan fingerprint density at radius 1 is 1.32 bits per heavy atom. The third-order valence-electron chi connectivity index (χ3n) is 4.06. The molecule has 1 aromatic carbocycles. The fourth-order valence-corrected chi connectivity index (χ4v) is 3.62. The van der Waals surface area contributed by atoms with Crippen LogP contribution in [0.4, 0.5) is 5.69 Å². The van der Waals surface area contributed by atoms with Crippen molar-refractivity contribution in [1.82, 2.24) is 9.97 Å². The van der Waals surface area contributed by atoms with Crippen LogP contribution < -0.4 is 10.3 Å². The highest BCUT2D eigenvalue weighted by molar-refractivity contribution is 7.18. The summed E-state index contributed by atoms with van der Waals surface area (Å²) in [7, 11) is 0. The summed E-state index contributed by atoms with van der Waals surface area (Å²) in [6, 6.07) is 4.74. The van der Waals surface area contributed by atoms with Gasteiger partial charge in [-0.2, -0.15) is 0 Å². The Balaban J connectivity index is 2.00. The zero-order valence-electron chi connectivity index (χ0n) is 14.2. The average molecular weight is 359 g/mol. The number of thiophene rings is 1. The van der Waals surface area contributed by atoms with Crippen molar-refractivity contribution in [2.24, 2.45) is 0 Å². The van der Waals surface area contributed by atoms with Gasteiger partial charge in [0.25, 0.3) is 5.56 Å². The smallest absolute Gasteiger partial charge is 0.311 e. The summed E-state index contributed by atoms with van der Waals surface area (Å²) in [5, 5.41) is 11.8. The van der Waals surface area contributed by atoms with Crippen molar-refractivity contribution in [2.45, 2.75) is 33.8 Å². The highest BCUT2D eigenvalue weighted by atomic mass is 32.1. The van der Waals surface area contributed by atoms with Crippen LogP contribution in [-0.2, 0) is 0 Å². The van der Waals surface area contributed by atoms with Gasteiger partial charge in [-0.05, 0) is 44.9 Å². The Hall–Kier alpha value is -2.74. The van der Waals surface area contributed by atoms with Gasteiger partial charge in [0.1, 0.15) is 4.83 Å². The molecule has 130 valence electrons. The fraction of sp³-hybridized carbons (Fsp3) is 0.294. The van der Waals surface area contributed by atoms with E-state index in [1.54, 1.807) is 26.0 Å². The molecule has 0 saturated heterocycles. The highest BCUT2D eigenvalue weighted by Crippen LogP contribution is 2.32. The van der Waals surface area contributed by atoms with Crippen molar-refractivity contribution in [3.8, 4) is 5.75 Å². The minimum Gasteiger partial charge on any atom is -0.476 e. The summed E-state index contributed by atoms with van der Waals surface area (Å²) in [5.41, 5.74) is 1.35. The van der Waals surface area contributed by atoms with Crippen LogP contribution in [0.1, 0.15) is 34.9 Å². The van der Waals surface area contributed by atoms with Gasteiger partial charge in [0.05, 0.1) is 10.3 Å². The van der Waals surface area contributed by atoms with Crippen LogP contribution in [0.25, 0.3) is 10.2 Å². The molecule has 8 heteroatoms. The number of aromatic amines is 1. The van der Waals surface area contributed by atoms with Crippen LogP contribution in [-0.4, -0.2) is 14.9 Å². The summed E-state index contributed by atoms with van der Waals surface area (Å²) in [5.74, 6) is 0.484. The summed E-state index contributed by atoms with van der Waals surface area (Å²) in [6.07, 6.45) is -0.638. The highest BCUT2D eigenvalue weighted by Gasteiger charge is 2.21. The molecule has 0 fully saturated rings. The van der Waals surface area contributed by atoms with Crippen LogP contribution in [0.3, 0.4) is 0 Å². The van der Waals surface area contributed by atoms with Crippen LogP contribution in [0.15, 0.2) is 23.0 Å². The van der Waals surface area contributed by atoms with Gasteiger partial charge >= 0.3 is 5.69 Å². The second-order valence-corrected chi connectivity index (χ2v) is 7.11. The molecule has 0 aliphatic heterocycles. The van der Waals surface area contributed by atoms with E-state index in [0.29, 0.717) is 16.0 Å². The SMILES string of the molecule is Cc1ccc(O[C@H](C)c2nc3sc(C)c(C)c3c(=O)[nH]2)c([N+](=O)[O-])c1. The van der Waals surface area contributed by atoms with Crippen LogP contribution in [0.2, 0.25) is 0 Å². The van der Waals surface area contributed by atoms with E-state index >= 15 is 0 Å². The predicted octanol–water partition coefficient (Wildman–Crippen LogP) is 3.96. The molecule has 0 saturated carbocycles. The molecule has 2 aromatic heterocycles. The predicted molar refractivity (Wildman–Crippen MR) is 96.6 cm³/mol. The first-order valence-electron chi connectivity index (χ1n) is 7.69. The quantitative estimate of drug-likeness (QED) is 0.561. The van der Waals surface area contributed by atoms with E-state index in [4.69, 9.17) is 4.74 Å². The lowest BCUT2D eigenvalue weighted by molar-refractivity contribution is -0.386. The fourth-order valence-electron chi connectivity index (χ4n) is 2.58. The second-order valence-electron chi connectivity index (χ2n) is 5.90. The Labute approximate surface area is 147 Å². The molecular formula is C17H17N3O4S. The van der Waals surface area contributed by atoms with Gasteiger partial charge in [0.15, 0.2) is 17.7 Å². The maximum Gasteiger partial charge on any atom is 0.311 e. The molecule has 1 N–H and O–H groups in total. The summed E-state index contributed by atoms with van der Waals surface area (Å²) < 4.78 is 5.72. The number of ether oxygens (including phenoxy) is 1.